The lowest BCUT2D eigenvalue weighted by atomic mass is 10.0. The van der Waals surface area contributed by atoms with E-state index in [4.69, 9.17) is 4.74 Å². The third-order valence-electron chi connectivity index (χ3n) is 3.15. The second-order valence-corrected chi connectivity index (χ2v) is 4.84. The first kappa shape index (κ1) is 13.0. The van der Waals surface area contributed by atoms with E-state index in [9.17, 15) is 0 Å². The number of aromatic amines is 1. The molecule has 1 heterocycles. The second-order valence-electron chi connectivity index (χ2n) is 4.84. The second kappa shape index (κ2) is 5.44. The van der Waals surface area contributed by atoms with E-state index >= 15 is 0 Å². The Kier molecular flexibility index (Phi) is 3.92. The Bertz CT molecular complexity index is 529. The van der Waals surface area contributed by atoms with Crippen molar-refractivity contribution in [2.24, 2.45) is 0 Å². The van der Waals surface area contributed by atoms with Crippen molar-refractivity contribution in [3.8, 4) is 5.75 Å². The van der Waals surface area contributed by atoms with Gasteiger partial charge in [0.05, 0.1) is 6.61 Å². The average Bonchev–Trinajstić information content (AvgIpc) is 2.69. The maximum atomic E-state index is 5.58. The summed E-state index contributed by atoms with van der Waals surface area (Å²) >= 11 is 0. The first-order valence-corrected chi connectivity index (χ1v) is 6.59. The SMILES string of the molecule is CCOc1ccc2[nH]c(C(C)C)c(CNC)c2c1. The number of benzene rings is 1. The van der Waals surface area contributed by atoms with Crippen LogP contribution in [0.2, 0.25) is 0 Å². The molecule has 0 aliphatic carbocycles. The van der Waals surface area contributed by atoms with Gasteiger partial charge in [-0.05, 0) is 43.7 Å². The zero-order chi connectivity index (χ0) is 13.1. The first-order chi connectivity index (χ1) is 8.67. The molecule has 1 aromatic heterocycles. The van der Waals surface area contributed by atoms with E-state index in [2.05, 4.69) is 36.3 Å². The molecule has 2 N–H and O–H groups in total. The van der Waals surface area contributed by atoms with Crippen molar-refractivity contribution >= 4 is 10.9 Å². The predicted octanol–water partition coefficient (Wildman–Crippen LogP) is 3.41. The highest BCUT2D eigenvalue weighted by molar-refractivity contribution is 5.86. The van der Waals surface area contributed by atoms with Gasteiger partial charge in [0.25, 0.3) is 0 Å². The van der Waals surface area contributed by atoms with Gasteiger partial charge < -0.3 is 15.0 Å². The minimum Gasteiger partial charge on any atom is -0.494 e. The highest BCUT2D eigenvalue weighted by atomic mass is 16.5. The molecule has 1 aromatic carbocycles. The lowest BCUT2D eigenvalue weighted by molar-refractivity contribution is 0.340. The van der Waals surface area contributed by atoms with E-state index in [1.807, 2.05) is 20.0 Å². The molecule has 0 fully saturated rings. The fourth-order valence-electron chi connectivity index (χ4n) is 2.36. The fraction of sp³-hybridized carbons (Fsp3) is 0.467. The Labute approximate surface area is 109 Å². The van der Waals surface area contributed by atoms with Crippen LogP contribution in [0.3, 0.4) is 0 Å². The van der Waals surface area contributed by atoms with Gasteiger partial charge in [0.1, 0.15) is 5.75 Å². The van der Waals surface area contributed by atoms with E-state index in [0.29, 0.717) is 12.5 Å². The molecule has 0 unspecified atom stereocenters. The molecule has 0 radical (unpaired) electrons. The number of ether oxygens (including phenoxy) is 1. The molecule has 0 bridgehead atoms. The summed E-state index contributed by atoms with van der Waals surface area (Å²) in [5.74, 6) is 1.44. The van der Waals surface area contributed by atoms with Crippen LogP contribution in [0.1, 0.15) is 37.9 Å². The number of H-pyrrole nitrogens is 1. The van der Waals surface area contributed by atoms with Crippen LogP contribution in [0.5, 0.6) is 5.75 Å². The molecule has 0 atom stereocenters. The van der Waals surface area contributed by atoms with Gasteiger partial charge in [0, 0.05) is 23.1 Å². The Morgan fingerprint density at radius 2 is 2.11 bits per heavy atom. The Balaban J connectivity index is 2.56. The van der Waals surface area contributed by atoms with Crippen LogP contribution < -0.4 is 10.1 Å². The highest BCUT2D eigenvalue weighted by Crippen LogP contribution is 2.30. The number of hydrogen-bond acceptors (Lipinski definition) is 2. The lowest BCUT2D eigenvalue weighted by Crippen LogP contribution is -2.07. The normalized spacial score (nSPS) is 11.4. The zero-order valence-corrected chi connectivity index (χ0v) is 11.6. The summed E-state index contributed by atoms with van der Waals surface area (Å²) in [7, 11) is 1.98. The maximum Gasteiger partial charge on any atom is 0.120 e. The van der Waals surface area contributed by atoms with E-state index < -0.39 is 0 Å². The monoisotopic (exact) mass is 246 g/mol. The van der Waals surface area contributed by atoms with E-state index in [1.165, 1.54) is 22.2 Å². The molecule has 0 saturated carbocycles. The van der Waals surface area contributed by atoms with Crippen molar-refractivity contribution in [1.29, 1.82) is 0 Å². The first-order valence-electron chi connectivity index (χ1n) is 6.59. The minimum absolute atomic E-state index is 0.497. The summed E-state index contributed by atoms with van der Waals surface area (Å²) < 4.78 is 5.58. The van der Waals surface area contributed by atoms with Gasteiger partial charge in [0.2, 0.25) is 0 Å². The van der Waals surface area contributed by atoms with Crippen LogP contribution in [-0.2, 0) is 6.54 Å². The van der Waals surface area contributed by atoms with E-state index in [0.717, 1.165) is 12.3 Å². The Morgan fingerprint density at radius 3 is 2.72 bits per heavy atom. The molecule has 18 heavy (non-hydrogen) atoms. The number of fused-ring (bicyclic) bond motifs is 1. The van der Waals surface area contributed by atoms with Crippen LogP contribution in [0.4, 0.5) is 0 Å². The minimum atomic E-state index is 0.497. The third-order valence-corrected chi connectivity index (χ3v) is 3.15. The molecule has 0 amide bonds. The van der Waals surface area contributed by atoms with Crippen LogP contribution in [0.15, 0.2) is 18.2 Å². The van der Waals surface area contributed by atoms with Gasteiger partial charge in [-0.1, -0.05) is 13.8 Å². The van der Waals surface area contributed by atoms with Gasteiger partial charge >= 0.3 is 0 Å². The highest BCUT2D eigenvalue weighted by Gasteiger charge is 2.13. The summed E-state index contributed by atoms with van der Waals surface area (Å²) in [5.41, 5.74) is 3.85. The third kappa shape index (κ3) is 2.36. The predicted molar refractivity (Wildman–Crippen MR) is 76.3 cm³/mol. The standard InChI is InChI=1S/C15H22N2O/c1-5-18-11-6-7-14-12(8-11)13(9-16-4)15(17-14)10(2)3/h6-8,10,16-17H,5,9H2,1-4H3. The van der Waals surface area contributed by atoms with Crippen LogP contribution in [0, 0.1) is 0 Å². The summed E-state index contributed by atoms with van der Waals surface area (Å²) in [6.45, 7) is 8.02. The molecule has 2 rings (SSSR count). The molecular weight excluding hydrogens is 224 g/mol. The van der Waals surface area contributed by atoms with Crippen molar-refractivity contribution in [3.63, 3.8) is 0 Å². The van der Waals surface area contributed by atoms with Gasteiger partial charge in [-0.3, -0.25) is 0 Å². The number of rotatable bonds is 5. The molecule has 0 aliphatic rings. The van der Waals surface area contributed by atoms with E-state index in [1.54, 1.807) is 0 Å². The van der Waals surface area contributed by atoms with Gasteiger partial charge in [-0.2, -0.15) is 0 Å². The smallest absolute Gasteiger partial charge is 0.120 e. The summed E-state index contributed by atoms with van der Waals surface area (Å²) in [6.07, 6.45) is 0. The molecule has 98 valence electrons. The van der Waals surface area contributed by atoms with Crippen molar-refractivity contribution in [2.45, 2.75) is 33.2 Å². The number of nitrogens with one attached hydrogen (secondary N) is 2. The number of hydrogen-bond donors (Lipinski definition) is 2. The van der Waals surface area contributed by atoms with Crippen molar-refractivity contribution in [1.82, 2.24) is 10.3 Å². The number of aromatic nitrogens is 1. The zero-order valence-electron chi connectivity index (χ0n) is 11.6. The molecule has 0 aliphatic heterocycles. The van der Waals surface area contributed by atoms with Gasteiger partial charge in [-0.15, -0.1) is 0 Å². The molecule has 2 aromatic rings. The van der Waals surface area contributed by atoms with Crippen molar-refractivity contribution < 1.29 is 4.74 Å². The Morgan fingerprint density at radius 1 is 1.33 bits per heavy atom. The summed E-state index contributed by atoms with van der Waals surface area (Å²) in [4.78, 5) is 3.52. The quantitative estimate of drug-likeness (QED) is 0.848. The average molecular weight is 246 g/mol. The lowest BCUT2D eigenvalue weighted by Gasteiger charge is -2.07. The molecule has 0 spiro atoms. The van der Waals surface area contributed by atoms with Crippen molar-refractivity contribution in [2.75, 3.05) is 13.7 Å². The molecule has 0 saturated heterocycles. The Hall–Kier alpha value is -1.48. The van der Waals surface area contributed by atoms with Crippen molar-refractivity contribution in [3.05, 3.63) is 29.5 Å². The summed E-state index contributed by atoms with van der Waals surface area (Å²) in [5, 5.41) is 4.51. The van der Waals surface area contributed by atoms with Crippen LogP contribution in [-0.4, -0.2) is 18.6 Å². The molecule has 3 heteroatoms. The topological polar surface area (TPSA) is 37.0 Å². The largest absolute Gasteiger partial charge is 0.494 e. The molecular formula is C15H22N2O. The van der Waals surface area contributed by atoms with E-state index in [-0.39, 0.29) is 0 Å². The van der Waals surface area contributed by atoms with Crippen LogP contribution in [0.25, 0.3) is 10.9 Å². The maximum absolute atomic E-state index is 5.58. The fourth-order valence-corrected chi connectivity index (χ4v) is 2.36. The van der Waals surface area contributed by atoms with Gasteiger partial charge in [-0.25, -0.2) is 0 Å². The van der Waals surface area contributed by atoms with Gasteiger partial charge in [0.15, 0.2) is 0 Å². The van der Waals surface area contributed by atoms with Crippen LogP contribution >= 0.6 is 0 Å². The molecule has 3 nitrogen and oxygen atoms in total. The summed E-state index contributed by atoms with van der Waals surface area (Å²) in [6, 6.07) is 6.26.